The molecule has 2 aromatic rings. The minimum Gasteiger partial charge on any atom is -0.508 e. The molecule has 0 aliphatic carbocycles. The molecule has 0 amide bonds. The zero-order valence-corrected chi connectivity index (χ0v) is 13.0. The number of halogens is 3. The van der Waals surface area contributed by atoms with Crippen LogP contribution in [0.4, 0.5) is 0 Å². The van der Waals surface area contributed by atoms with Crippen molar-refractivity contribution in [1.82, 2.24) is 0 Å². The summed E-state index contributed by atoms with van der Waals surface area (Å²) in [6.07, 6.45) is 0. The van der Waals surface area contributed by atoms with Gasteiger partial charge in [0.1, 0.15) is 18.1 Å². The van der Waals surface area contributed by atoms with Gasteiger partial charge in [-0.25, -0.2) is 0 Å². The van der Waals surface area contributed by atoms with Gasteiger partial charge < -0.3 is 9.84 Å². The van der Waals surface area contributed by atoms with Crippen LogP contribution in [-0.2, 0) is 11.9 Å². The maximum atomic E-state index is 9.22. The largest absolute Gasteiger partial charge is 0.508 e. The fourth-order valence-corrected chi connectivity index (χ4v) is 2.63. The maximum Gasteiger partial charge on any atom is 0.142 e. The highest BCUT2D eigenvalue weighted by atomic mass is 79.9. The number of ether oxygens (including phenoxy) is 1. The van der Waals surface area contributed by atoms with E-state index in [9.17, 15) is 5.11 Å². The van der Waals surface area contributed by atoms with E-state index in [1.165, 1.54) is 0 Å². The molecule has 0 aliphatic rings. The van der Waals surface area contributed by atoms with Crippen LogP contribution in [-0.4, -0.2) is 5.11 Å². The number of phenolic OH excluding ortho intramolecular Hbond substituents is 1. The first kappa shape index (κ1) is 14.5. The second kappa shape index (κ2) is 6.51. The van der Waals surface area contributed by atoms with Crippen molar-refractivity contribution in [2.45, 2.75) is 11.9 Å². The van der Waals surface area contributed by atoms with E-state index >= 15 is 0 Å². The van der Waals surface area contributed by atoms with Crippen molar-refractivity contribution >= 4 is 39.1 Å². The smallest absolute Gasteiger partial charge is 0.142 e. The Morgan fingerprint density at radius 1 is 1.11 bits per heavy atom. The van der Waals surface area contributed by atoms with Gasteiger partial charge in [-0.3, -0.25) is 0 Å². The van der Waals surface area contributed by atoms with E-state index < -0.39 is 0 Å². The Bertz CT molecular complexity index is 570. The Labute approximate surface area is 130 Å². The molecule has 0 radical (unpaired) electrons. The van der Waals surface area contributed by atoms with Crippen molar-refractivity contribution in [1.29, 1.82) is 0 Å². The highest BCUT2D eigenvalue weighted by Crippen LogP contribution is 2.34. The molecule has 0 aliphatic heterocycles. The van der Waals surface area contributed by atoms with Gasteiger partial charge in [0.2, 0.25) is 0 Å². The van der Waals surface area contributed by atoms with E-state index in [4.69, 9.17) is 27.9 Å². The lowest BCUT2D eigenvalue weighted by molar-refractivity contribution is 0.304. The highest BCUT2D eigenvalue weighted by molar-refractivity contribution is 9.08. The summed E-state index contributed by atoms with van der Waals surface area (Å²) >= 11 is 15.5. The molecule has 0 spiro atoms. The van der Waals surface area contributed by atoms with Crippen molar-refractivity contribution in [3.63, 3.8) is 0 Å². The molecule has 1 N–H and O–H groups in total. The van der Waals surface area contributed by atoms with E-state index in [1.54, 1.807) is 30.3 Å². The molecular weight excluding hydrogens is 351 g/mol. The second-order valence-corrected chi connectivity index (χ2v) is 5.37. The quantitative estimate of drug-likeness (QED) is 0.761. The van der Waals surface area contributed by atoms with Crippen molar-refractivity contribution in [3.05, 3.63) is 57.6 Å². The summed E-state index contributed by atoms with van der Waals surface area (Å²) in [6.45, 7) is 0.377. The molecule has 100 valence electrons. The van der Waals surface area contributed by atoms with E-state index in [2.05, 4.69) is 15.9 Å². The number of rotatable bonds is 4. The monoisotopic (exact) mass is 360 g/mol. The average Bonchev–Trinajstić information content (AvgIpc) is 2.39. The van der Waals surface area contributed by atoms with Gasteiger partial charge in [-0.2, -0.15) is 0 Å². The van der Waals surface area contributed by atoms with Crippen molar-refractivity contribution in [2.24, 2.45) is 0 Å². The number of benzene rings is 2. The Kier molecular flexibility index (Phi) is 4.97. The van der Waals surface area contributed by atoms with Gasteiger partial charge in [-0.1, -0.05) is 51.3 Å². The molecule has 0 saturated carbocycles. The third-order valence-corrected chi connectivity index (χ3v) is 3.65. The van der Waals surface area contributed by atoms with E-state index in [0.717, 1.165) is 11.1 Å². The van der Waals surface area contributed by atoms with Crippen LogP contribution in [0.3, 0.4) is 0 Å². The summed E-state index contributed by atoms with van der Waals surface area (Å²) < 4.78 is 5.74. The molecule has 2 rings (SSSR count). The van der Waals surface area contributed by atoms with Crippen LogP contribution in [0.25, 0.3) is 0 Å². The van der Waals surface area contributed by atoms with Crippen LogP contribution >= 0.6 is 39.1 Å². The third kappa shape index (κ3) is 3.78. The van der Waals surface area contributed by atoms with E-state index in [-0.39, 0.29) is 5.75 Å². The van der Waals surface area contributed by atoms with Crippen molar-refractivity contribution in [3.8, 4) is 11.5 Å². The molecule has 2 nitrogen and oxygen atoms in total. The maximum absolute atomic E-state index is 9.22. The van der Waals surface area contributed by atoms with Crippen molar-refractivity contribution in [2.75, 3.05) is 0 Å². The molecule has 0 saturated heterocycles. The standard InChI is InChI=1S/C14H11BrCl2O2/c15-7-10-5-11(16)6-13(17)14(10)19-8-9-1-3-12(18)4-2-9/h1-6,18H,7-8H2. The minimum atomic E-state index is 0.231. The topological polar surface area (TPSA) is 29.5 Å². The summed E-state index contributed by atoms with van der Waals surface area (Å²) in [5, 5.41) is 10.9. The zero-order valence-electron chi connectivity index (χ0n) is 9.87. The number of phenols is 1. The van der Waals surface area contributed by atoms with Crippen LogP contribution < -0.4 is 4.74 Å². The van der Waals surface area contributed by atoms with Crippen LogP contribution in [0.2, 0.25) is 10.0 Å². The molecule has 0 bridgehead atoms. The fourth-order valence-electron chi connectivity index (χ4n) is 1.62. The van der Waals surface area contributed by atoms with Gasteiger partial charge in [0.25, 0.3) is 0 Å². The van der Waals surface area contributed by atoms with Gasteiger partial charge in [-0.05, 0) is 29.8 Å². The summed E-state index contributed by atoms with van der Waals surface area (Å²) in [7, 11) is 0. The molecule has 0 atom stereocenters. The minimum absolute atomic E-state index is 0.231. The molecule has 0 fully saturated rings. The first-order valence-corrected chi connectivity index (χ1v) is 7.42. The second-order valence-electron chi connectivity index (χ2n) is 3.96. The predicted octanol–water partition coefficient (Wildman–Crippen LogP) is 5.17. The lowest BCUT2D eigenvalue weighted by Gasteiger charge is -2.12. The van der Waals surface area contributed by atoms with Gasteiger partial charge >= 0.3 is 0 Å². The highest BCUT2D eigenvalue weighted by Gasteiger charge is 2.10. The van der Waals surface area contributed by atoms with Crippen LogP contribution in [0.5, 0.6) is 11.5 Å². The first-order chi connectivity index (χ1) is 9.10. The lowest BCUT2D eigenvalue weighted by Crippen LogP contribution is -1.98. The summed E-state index contributed by atoms with van der Waals surface area (Å²) in [4.78, 5) is 0. The summed E-state index contributed by atoms with van der Waals surface area (Å²) in [6, 6.07) is 10.3. The lowest BCUT2D eigenvalue weighted by atomic mass is 10.2. The number of aromatic hydroxyl groups is 1. The van der Waals surface area contributed by atoms with Gasteiger partial charge in [0.05, 0.1) is 5.02 Å². The normalized spacial score (nSPS) is 10.5. The molecule has 0 unspecified atom stereocenters. The Morgan fingerprint density at radius 2 is 1.79 bits per heavy atom. The summed E-state index contributed by atoms with van der Waals surface area (Å²) in [5.41, 5.74) is 1.85. The number of alkyl halides is 1. The van der Waals surface area contributed by atoms with Crippen LogP contribution in [0.1, 0.15) is 11.1 Å². The molecule has 19 heavy (non-hydrogen) atoms. The van der Waals surface area contributed by atoms with E-state index in [1.807, 2.05) is 6.07 Å². The molecule has 2 aromatic carbocycles. The number of hydrogen-bond donors (Lipinski definition) is 1. The van der Waals surface area contributed by atoms with Crippen molar-refractivity contribution < 1.29 is 9.84 Å². The van der Waals surface area contributed by atoms with Crippen LogP contribution in [0, 0.1) is 0 Å². The first-order valence-electron chi connectivity index (χ1n) is 5.54. The SMILES string of the molecule is Oc1ccc(COc2c(Cl)cc(Cl)cc2CBr)cc1. The molecule has 0 aromatic heterocycles. The molecule has 0 heterocycles. The van der Waals surface area contributed by atoms with E-state index in [0.29, 0.717) is 27.7 Å². The molecular formula is C14H11BrCl2O2. The summed E-state index contributed by atoms with van der Waals surface area (Å²) in [5.74, 6) is 0.852. The average molecular weight is 362 g/mol. The third-order valence-electron chi connectivity index (χ3n) is 2.55. The van der Waals surface area contributed by atoms with Gasteiger partial charge in [-0.15, -0.1) is 0 Å². The Balaban J connectivity index is 2.17. The van der Waals surface area contributed by atoms with Crippen LogP contribution in [0.15, 0.2) is 36.4 Å². The van der Waals surface area contributed by atoms with Gasteiger partial charge in [0, 0.05) is 15.9 Å². The zero-order chi connectivity index (χ0) is 13.8. The molecule has 5 heteroatoms. The Morgan fingerprint density at radius 3 is 2.42 bits per heavy atom. The fraction of sp³-hybridized carbons (Fsp3) is 0.143. The predicted molar refractivity (Wildman–Crippen MR) is 81.5 cm³/mol. The Hall–Kier alpha value is -0.900. The number of hydrogen-bond acceptors (Lipinski definition) is 2. The van der Waals surface area contributed by atoms with Gasteiger partial charge in [0.15, 0.2) is 0 Å².